The predicted octanol–water partition coefficient (Wildman–Crippen LogP) is 2.36. The third-order valence-electron chi connectivity index (χ3n) is 6.61. The van der Waals surface area contributed by atoms with Crippen LogP contribution in [0, 0.1) is 11.8 Å². The minimum atomic E-state index is -0.206. The molecular weight excluding hydrogens is 316 g/mol. The predicted molar refractivity (Wildman–Crippen MR) is 94.9 cm³/mol. The monoisotopic (exact) mass is 346 g/mol. The molecule has 4 aliphatic rings. The summed E-state index contributed by atoms with van der Waals surface area (Å²) in [6, 6.07) is 0.942. The second-order valence-corrected chi connectivity index (χ2v) is 8.63. The van der Waals surface area contributed by atoms with Crippen LogP contribution in [0.1, 0.15) is 52.4 Å². The van der Waals surface area contributed by atoms with Crippen LogP contribution in [-0.2, 0) is 14.3 Å². The lowest BCUT2D eigenvalue weighted by Gasteiger charge is -2.57. The molecule has 25 heavy (non-hydrogen) atoms. The molecule has 0 aromatic rings. The Morgan fingerprint density at radius 2 is 1.92 bits per heavy atom. The molecule has 0 aromatic carbocycles. The molecule has 4 unspecified atom stereocenters. The summed E-state index contributed by atoms with van der Waals surface area (Å²) < 4.78 is 5.69. The number of hydrogen-bond acceptors (Lipinski definition) is 4. The average Bonchev–Trinajstić information content (AvgIpc) is 2.56. The van der Waals surface area contributed by atoms with Gasteiger partial charge in [-0.25, -0.2) is 4.79 Å². The quantitative estimate of drug-likeness (QED) is 0.569. The van der Waals surface area contributed by atoms with Gasteiger partial charge >= 0.3 is 5.97 Å². The van der Waals surface area contributed by atoms with Gasteiger partial charge in [0.2, 0.25) is 5.91 Å². The normalized spacial score (nSPS) is 37.8. The fraction of sp³-hybridized carbons (Fsp3) is 0.800. The number of hydrogen-bond donors (Lipinski definition) is 0. The molecule has 0 spiro atoms. The molecule has 4 heterocycles. The van der Waals surface area contributed by atoms with Crippen molar-refractivity contribution in [2.75, 3.05) is 19.6 Å². The van der Waals surface area contributed by atoms with E-state index in [0.29, 0.717) is 29.8 Å². The zero-order valence-electron chi connectivity index (χ0n) is 15.4. The number of carbonyl (C=O) groups is 2. The molecular formula is C20H30N2O3. The SMILES string of the molecule is CC(C)=CC(=O)O[C@@H]1CCN2CC3CC(CN4C(=O)CCCC34)C2C1. The van der Waals surface area contributed by atoms with Crippen LogP contribution in [0.3, 0.4) is 0 Å². The number of ether oxygens (including phenoxy) is 1. The van der Waals surface area contributed by atoms with E-state index in [1.807, 2.05) is 13.8 Å². The maximum atomic E-state index is 12.4. The van der Waals surface area contributed by atoms with Gasteiger partial charge in [-0.3, -0.25) is 9.69 Å². The lowest BCUT2D eigenvalue weighted by Crippen LogP contribution is -2.65. The Hall–Kier alpha value is -1.36. The molecule has 0 aromatic heterocycles. The summed E-state index contributed by atoms with van der Waals surface area (Å²) in [5, 5.41) is 0. The van der Waals surface area contributed by atoms with Crippen molar-refractivity contribution < 1.29 is 14.3 Å². The number of piperidine rings is 4. The molecule has 0 radical (unpaired) electrons. The molecule has 4 saturated heterocycles. The largest absolute Gasteiger partial charge is 0.459 e. The van der Waals surface area contributed by atoms with Crippen LogP contribution in [0.4, 0.5) is 0 Å². The van der Waals surface area contributed by atoms with Crippen molar-refractivity contribution in [2.45, 2.75) is 70.6 Å². The van der Waals surface area contributed by atoms with Crippen molar-refractivity contribution in [3.05, 3.63) is 11.6 Å². The van der Waals surface area contributed by atoms with Gasteiger partial charge in [0.15, 0.2) is 0 Å². The number of amides is 1. The molecule has 1 amide bonds. The highest BCUT2D eigenvalue weighted by Gasteiger charge is 2.49. The van der Waals surface area contributed by atoms with E-state index >= 15 is 0 Å². The van der Waals surface area contributed by atoms with Gasteiger partial charge in [0.25, 0.3) is 0 Å². The minimum absolute atomic E-state index is 0.0238. The highest BCUT2D eigenvalue weighted by Crippen LogP contribution is 2.43. The molecule has 5 heteroatoms. The number of allylic oxidation sites excluding steroid dienone is 1. The molecule has 2 bridgehead atoms. The molecule has 5 atom stereocenters. The number of fused-ring (bicyclic) bond motifs is 6. The van der Waals surface area contributed by atoms with Gasteiger partial charge in [-0.15, -0.1) is 0 Å². The van der Waals surface area contributed by atoms with E-state index in [9.17, 15) is 9.59 Å². The van der Waals surface area contributed by atoms with Crippen LogP contribution >= 0.6 is 0 Å². The van der Waals surface area contributed by atoms with Crippen LogP contribution in [-0.4, -0.2) is 59.5 Å². The molecule has 5 nitrogen and oxygen atoms in total. The zero-order valence-corrected chi connectivity index (χ0v) is 15.4. The Morgan fingerprint density at radius 3 is 2.72 bits per heavy atom. The van der Waals surface area contributed by atoms with Crippen molar-refractivity contribution in [2.24, 2.45) is 11.8 Å². The Bertz CT molecular complexity index is 583. The van der Waals surface area contributed by atoms with E-state index in [2.05, 4.69) is 9.80 Å². The van der Waals surface area contributed by atoms with E-state index in [0.717, 1.165) is 50.9 Å². The van der Waals surface area contributed by atoms with E-state index in [1.54, 1.807) is 6.08 Å². The van der Waals surface area contributed by atoms with Gasteiger partial charge in [-0.2, -0.15) is 0 Å². The number of carbonyl (C=O) groups excluding carboxylic acids is 2. The Labute approximate surface area is 150 Å². The summed E-state index contributed by atoms with van der Waals surface area (Å²) in [7, 11) is 0. The van der Waals surface area contributed by atoms with Crippen LogP contribution in [0.5, 0.6) is 0 Å². The van der Waals surface area contributed by atoms with Gasteiger partial charge < -0.3 is 9.64 Å². The van der Waals surface area contributed by atoms with Crippen LogP contribution in [0.25, 0.3) is 0 Å². The van der Waals surface area contributed by atoms with E-state index in [4.69, 9.17) is 4.74 Å². The maximum Gasteiger partial charge on any atom is 0.330 e. The Kier molecular flexibility index (Phi) is 4.61. The van der Waals surface area contributed by atoms with Gasteiger partial charge in [-0.05, 0) is 51.4 Å². The smallest absolute Gasteiger partial charge is 0.330 e. The maximum absolute atomic E-state index is 12.4. The first-order valence-electron chi connectivity index (χ1n) is 9.90. The summed E-state index contributed by atoms with van der Waals surface area (Å²) in [5.74, 6) is 1.34. The van der Waals surface area contributed by atoms with Crippen molar-refractivity contribution in [3.8, 4) is 0 Å². The highest BCUT2D eigenvalue weighted by atomic mass is 16.5. The number of nitrogens with zero attached hydrogens (tertiary/aromatic N) is 2. The van der Waals surface area contributed by atoms with Crippen LogP contribution in [0.15, 0.2) is 11.6 Å². The Balaban J connectivity index is 1.43. The van der Waals surface area contributed by atoms with E-state index in [1.165, 1.54) is 12.8 Å². The number of rotatable bonds is 2. The summed E-state index contributed by atoms with van der Waals surface area (Å²) in [6.07, 6.45) is 7.68. The molecule has 4 aliphatic heterocycles. The summed E-state index contributed by atoms with van der Waals surface area (Å²) in [4.78, 5) is 29.1. The molecule has 4 fully saturated rings. The highest BCUT2D eigenvalue weighted by molar-refractivity contribution is 5.82. The topological polar surface area (TPSA) is 49.9 Å². The van der Waals surface area contributed by atoms with Crippen LogP contribution in [0.2, 0.25) is 0 Å². The van der Waals surface area contributed by atoms with Crippen LogP contribution < -0.4 is 0 Å². The fourth-order valence-electron chi connectivity index (χ4n) is 5.59. The second-order valence-electron chi connectivity index (χ2n) is 8.63. The molecule has 4 rings (SSSR count). The van der Waals surface area contributed by atoms with Crippen molar-refractivity contribution in [1.82, 2.24) is 9.80 Å². The lowest BCUT2D eigenvalue weighted by atomic mass is 9.70. The third-order valence-corrected chi connectivity index (χ3v) is 6.61. The molecule has 138 valence electrons. The first kappa shape index (κ1) is 17.1. The molecule has 0 saturated carbocycles. The minimum Gasteiger partial charge on any atom is -0.459 e. The standard InChI is InChI=1S/C20H30N2O3/c1-13(2)8-20(24)25-16-6-7-21-11-14-9-15(18(21)10-16)12-22-17(14)4-3-5-19(22)23/h8,14-18H,3-7,9-12H2,1-2H3/t14?,15?,16-,17?,18?/m1/s1. The lowest BCUT2D eigenvalue weighted by molar-refractivity contribution is -0.155. The third kappa shape index (κ3) is 3.35. The van der Waals surface area contributed by atoms with Crippen molar-refractivity contribution in [1.29, 1.82) is 0 Å². The molecule has 0 N–H and O–H groups in total. The molecule has 0 aliphatic carbocycles. The first-order valence-corrected chi connectivity index (χ1v) is 9.90. The number of esters is 1. The van der Waals surface area contributed by atoms with Crippen molar-refractivity contribution >= 4 is 11.9 Å². The second kappa shape index (κ2) is 6.75. The Morgan fingerprint density at radius 1 is 1.12 bits per heavy atom. The summed E-state index contributed by atoms with van der Waals surface area (Å²) >= 11 is 0. The van der Waals surface area contributed by atoms with Gasteiger partial charge in [-0.1, -0.05) is 5.57 Å². The van der Waals surface area contributed by atoms with Gasteiger partial charge in [0, 0.05) is 50.6 Å². The zero-order chi connectivity index (χ0) is 17.6. The summed E-state index contributed by atoms with van der Waals surface area (Å²) in [5.41, 5.74) is 0.977. The van der Waals surface area contributed by atoms with E-state index < -0.39 is 0 Å². The van der Waals surface area contributed by atoms with Gasteiger partial charge in [0.1, 0.15) is 6.10 Å². The first-order chi connectivity index (χ1) is 12.0. The van der Waals surface area contributed by atoms with E-state index in [-0.39, 0.29) is 12.1 Å². The fourth-order valence-corrected chi connectivity index (χ4v) is 5.59. The van der Waals surface area contributed by atoms with Crippen molar-refractivity contribution in [3.63, 3.8) is 0 Å². The summed E-state index contributed by atoms with van der Waals surface area (Å²) in [6.45, 7) is 6.88. The van der Waals surface area contributed by atoms with Gasteiger partial charge in [0.05, 0.1) is 0 Å². The average molecular weight is 346 g/mol.